The van der Waals surface area contributed by atoms with Crippen molar-refractivity contribution in [1.29, 1.82) is 0 Å². The number of benzene rings is 1. The first-order valence-electron chi connectivity index (χ1n) is 9.59. The topological polar surface area (TPSA) is 68.5 Å². The minimum atomic E-state index is -0.397. The van der Waals surface area contributed by atoms with Crippen molar-refractivity contribution < 1.29 is 18.7 Å². The Balaban J connectivity index is 1.63. The summed E-state index contributed by atoms with van der Waals surface area (Å²) in [6.07, 6.45) is 5.66. The summed E-state index contributed by atoms with van der Waals surface area (Å²) in [5, 5.41) is 5.06. The summed E-state index contributed by atoms with van der Waals surface area (Å²) in [5.41, 5.74) is 4.86. The van der Waals surface area contributed by atoms with Gasteiger partial charge in [-0.05, 0) is 62.3 Å². The number of halogens is 1. The first kappa shape index (κ1) is 20.0. The van der Waals surface area contributed by atoms with Crippen LogP contribution in [-0.4, -0.2) is 19.0 Å². The van der Waals surface area contributed by atoms with Crippen LogP contribution >= 0.6 is 22.9 Å². The number of ether oxygens (including phenoxy) is 1. The molecule has 0 atom stereocenters. The quantitative estimate of drug-likeness (QED) is 0.545. The number of fused-ring (bicyclic) bond motifs is 2. The van der Waals surface area contributed by atoms with E-state index >= 15 is 0 Å². The van der Waals surface area contributed by atoms with E-state index < -0.39 is 5.97 Å². The third-order valence-electron chi connectivity index (χ3n) is 5.46. The van der Waals surface area contributed by atoms with Gasteiger partial charge in [0.15, 0.2) is 0 Å². The van der Waals surface area contributed by atoms with Gasteiger partial charge in [-0.2, -0.15) is 0 Å². The van der Waals surface area contributed by atoms with Gasteiger partial charge in [-0.25, -0.2) is 4.79 Å². The Bertz CT molecular complexity index is 1130. The Morgan fingerprint density at radius 3 is 2.79 bits per heavy atom. The Morgan fingerprint density at radius 1 is 1.28 bits per heavy atom. The molecule has 0 saturated carbocycles. The lowest BCUT2D eigenvalue weighted by Crippen LogP contribution is -2.16. The van der Waals surface area contributed by atoms with E-state index in [0.29, 0.717) is 21.2 Å². The Kier molecular flexibility index (Phi) is 5.40. The Morgan fingerprint density at radius 2 is 2.03 bits per heavy atom. The number of carbonyl (C=O) groups is 2. The number of furan rings is 1. The average Bonchev–Trinajstić information content (AvgIpc) is 3.26. The molecule has 0 unspecified atom stereocenters. The van der Waals surface area contributed by atoms with Crippen LogP contribution in [-0.2, 0) is 28.8 Å². The Hall–Kier alpha value is -2.31. The third-order valence-corrected chi connectivity index (χ3v) is 7.25. The highest BCUT2D eigenvalue weighted by Gasteiger charge is 2.27. The highest BCUT2D eigenvalue weighted by Crippen LogP contribution is 2.39. The van der Waals surface area contributed by atoms with Gasteiger partial charge in [0.2, 0.25) is 5.91 Å². The number of methoxy groups -OCH3 is 1. The van der Waals surface area contributed by atoms with E-state index in [2.05, 4.69) is 5.32 Å². The van der Waals surface area contributed by atoms with Crippen LogP contribution in [0.5, 0.6) is 0 Å². The predicted octanol–water partition coefficient (Wildman–Crippen LogP) is 5.61. The second kappa shape index (κ2) is 7.84. The maximum absolute atomic E-state index is 12.8. The lowest BCUT2D eigenvalue weighted by molar-refractivity contribution is -0.115. The maximum Gasteiger partial charge on any atom is 0.341 e. The molecule has 4 rings (SSSR count). The van der Waals surface area contributed by atoms with Crippen molar-refractivity contribution in [3.05, 3.63) is 50.0 Å². The number of rotatable bonds is 4. The zero-order chi connectivity index (χ0) is 20.7. The van der Waals surface area contributed by atoms with Crippen molar-refractivity contribution >= 4 is 50.8 Å². The number of aryl methyl sites for hydroxylation is 3. The zero-order valence-corrected chi connectivity index (χ0v) is 18.2. The fourth-order valence-corrected chi connectivity index (χ4v) is 5.50. The molecule has 1 N–H and O–H groups in total. The summed E-state index contributed by atoms with van der Waals surface area (Å²) >= 11 is 7.87. The maximum atomic E-state index is 12.8. The molecular weight excluding hydrogens is 410 g/mol. The zero-order valence-electron chi connectivity index (χ0n) is 16.6. The summed E-state index contributed by atoms with van der Waals surface area (Å²) < 4.78 is 10.6. The lowest BCUT2D eigenvalue weighted by Gasteiger charge is -2.11. The molecule has 5 nitrogen and oxygen atoms in total. The number of thiophene rings is 1. The van der Waals surface area contributed by atoms with Crippen LogP contribution in [0.4, 0.5) is 5.00 Å². The van der Waals surface area contributed by atoms with Crippen LogP contribution in [0.1, 0.15) is 50.3 Å². The largest absolute Gasteiger partial charge is 0.465 e. The molecule has 1 aliphatic rings. The van der Waals surface area contributed by atoms with Gasteiger partial charge in [0.25, 0.3) is 0 Å². The molecule has 0 saturated heterocycles. The first-order valence-corrected chi connectivity index (χ1v) is 10.8. The SMILES string of the molecule is COC(=O)c1c(NC(=O)Cc2coc3cc(C)c(Cl)c(C)c23)sc2c1CCCC2. The average molecular weight is 432 g/mol. The number of esters is 1. The van der Waals surface area contributed by atoms with Crippen molar-refractivity contribution in [3.8, 4) is 0 Å². The molecule has 2 heterocycles. The van der Waals surface area contributed by atoms with Crippen molar-refractivity contribution in [2.75, 3.05) is 12.4 Å². The highest BCUT2D eigenvalue weighted by molar-refractivity contribution is 7.17. The molecule has 7 heteroatoms. The number of nitrogens with one attached hydrogen (secondary N) is 1. The smallest absolute Gasteiger partial charge is 0.341 e. The Labute approximate surface area is 178 Å². The van der Waals surface area contributed by atoms with Crippen LogP contribution < -0.4 is 5.32 Å². The molecule has 1 aromatic carbocycles. The number of amides is 1. The highest BCUT2D eigenvalue weighted by atomic mass is 35.5. The van der Waals surface area contributed by atoms with Gasteiger partial charge in [0.05, 0.1) is 25.4 Å². The second-order valence-electron chi connectivity index (χ2n) is 7.40. The molecule has 0 fully saturated rings. The fourth-order valence-electron chi connectivity index (χ4n) is 4.05. The standard InChI is InChI=1S/C22H22ClNO4S/c1-11-8-15-18(12(2)20(11)23)13(10-28-15)9-17(25)24-21-19(22(26)27-3)14-6-4-5-7-16(14)29-21/h8,10H,4-7,9H2,1-3H3,(H,24,25). The number of hydrogen-bond donors (Lipinski definition) is 1. The molecule has 0 radical (unpaired) electrons. The molecule has 1 amide bonds. The van der Waals surface area contributed by atoms with Crippen LogP contribution in [0, 0.1) is 13.8 Å². The molecule has 1 aliphatic carbocycles. The molecule has 0 spiro atoms. The van der Waals surface area contributed by atoms with E-state index in [1.807, 2.05) is 19.9 Å². The van der Waals surface area contributed by atoms with Gasteiger partial charge in [0.1, 0.15) is 10.6 Å². The molecule has 152 valence electrons. The lowest BCUT2D eigenvalue weighted by atomic mass is 9.95. The third kappa shape index (κ3) is 3.55. The molecular formula is C22H22ClNO4S. The van der Waals surface area contributed by atoms with Gasteiger partial charge >= 0.3 is 5.97 Å². The minimum Gasteiger partial charge on any atom is -0.465 e. The number of anilines is 1. The monoisotopic (exact) mass is 431 g/mol. The fraction of sp³-hybridized carbons (Fsp3) is 0.364. The van der Waals surface area contributed by atoms with Gasteiger partial charge in [-0.3, -0.25) is 4.79 Å². The van der Waals surface area contributed by atoms with Gasteiger partial charge < -0.3 is 14.5 Å². The van der Waals surface area contributed by atoms with Gasteiger partial charge in [-0.15, -0.1) is 11.3 Å². The van der Waals surface area contributed by atoms with E-state index in [9.17, 15) is 9.59 Å². The number of hydrogen-bond acceptors (Lipinski definition) is 5. The van der Waals surface area contributed by atoms with E-state index in [1.165, 1.54) is 23.3 Å². The van der Waals surface area contributed by atoms with Crippen LogP contribution in [0.3, 0.4) is 0 Å². The van der Waals surface area contributed by atoms with Crippen molar-refractivity contribution in [1.82, 2.24) is 0 Å². The minimum absolute atomic E-state index is 0.135. The van der Waals surface area contributed by atoms with Crippen LogP contribution in [0.2, 0.25) is 5.02 Å². The van der Waals surface area contributed by atoms with Crippen LogP contribution in [0.15, 0.2) is 16.7 Å². The van der Waals surface area contributed by atoms with E-state index in [1.54, 1.807) is 6.26 Å². The van der Waals surface area contributed by atoms with Crippen molar-refractivity contribution in [2.24, 2.45) is 0 Å². The van der Waals surface area contributed by atoms with E-state index in [-0.39, 0.29) is 12.3 Å². The van der Waals surface area contributed by atoms with Crippen molar-refractivity contribution in [2.45, 2.75) is 46.0 Å². The first-order chi connectivity index (χ1) is 13.9. The molecule has 2 aromatic heterocycles. The van der Waals surface area contributed by atoms with Crippen LogP contribution in [0.25, 0.3) is 11.0 Å². The normalized spacial score (nSPS) is 13.4. The van der Waals surface area contributed by atoms with Gasteiger partial charge in [0, 0.05) is 20.8 Å². The molecule has 29 heavy (non-hydrogen) atoms. The summed E-state index contributed by atoms with van der Waals surface area (Å²) in [5.74, 6) is -0.598. The van der Waals surface area contributed by atoms with Crippen molar-refractivity contribution in [3.63, 3.8) is 0 Å². The summed E-state index contributed by atoms with van der Waals surface area (Å²) in [4.78, 5) is 26.4. The summed E-state index contributed by atoms with van der Waals surface area (Å²) in [6, 6.07) is 1.88. The van der Waals surface area contributed by atoms with E-state index in [0.717, 1.165) is 53.3 Å². The summed E-state index contributed by atoms with van der Waals surface area (Å²) in [6.45, 7) is 3.86. The molecule has 3 aromatic rings. The predicted molar refractivity (Wildman–Crippen MR) is 115 cm³/mol. The molecule has 0 aliphatic heterocycles. The summed E-state index contributed by atoms with van der Waals surface area (Å²) in [7, 11) is 1.37. The second-order valence-corrected chi connectivity index (χ2v) is 8.88. The number of carbonyl (C=O) groups excluding carboxylic acids is 2. The van der Waals surface area contributed by atoms with E-state index in [4.69, 9.17) is 20.8 Å². The molecule has 0 bridgehead atoms. The van der Waals surface area contributed by atoms with Gasteiger partial charge in [-0.1, -0.05) is 11.6 Å².